The van der Waals surface area contributed by atoms with Gasteiger partial charge in [-0.2, -0.15) is 0 Å². The highest BCUT2D eigenvalue weighted by Gasteiger charge is 2.25. The van der Waals surface area contributed by atoms with Crippen LogP contribution in [0.15, 0.2) is 71.9 Å². The van der Waals surface area contributed by atoms with Crippen LogP contribution in [0.4, 0.5) is 17.2 Å². The Bertz CT molecular complexity index is 1020. The van der Waals surface area contributed by atoms with E-state index in [0.29, 0.717) is 0 Å². The Morgan fingerprint density at radius 2 is 1.66 bits per heavy atom. The van der Waals surface area contributed by atoms with Gasteiger partial charge in [0.2, 0.25) is 0 Å². The van der Waals surface area contributed by atoms with Gasteiger partial charge in [-0.15, -0.1) is 0 Å². The molecule has 4 nitrogen and oxygen atoms in total. The van der Waals surface area contributed by atoms with E-state index in [-0.39, 0.29) is 0 Å². The zero-order valence-electron chi connectivity index (χ0n) is 17.5. The highest BCUT2D eigenvalue weighted by Crippen LogP contribution is 2.39. The number of hydrogen-bond acceptors (Lipinski definition) is 4. The molecule has 3 aromatic rings. The van der Waals surface area contributed by atoms with Crippen LogP contribution in [0.5, 0.6) is 0 Å². The molecule has 0 N–H and O–H groups in total. The molecular weight excluding hydrogens is 356 g/mol. The Kier molecular flexibility index (Phi) is 5.72. The zero-order valence-corrected chi connectivity index (χ0v) is 17.5. The molecule has 0 fully saturated rings. The maximum atomic E-state index is 5.15. The zero-order chi connectivity index (χ0) is 20.2. The van der Waals surface area contributed by atoms with Crippen molar-refractivity contribution in [3.63, 3.8) is 0 Å². The lowest BCUT2D eigenvalue weighted by atomic mass is 9.95. The lowest BCUT2D eigenvalue weighted by Gasteiger charge is -2.26. The average molecular weight is 385 g/mol. The van der Waals surface area contributed by atoms with Gasteiger partial charge in [-0.25, -0.2) is 9.98 Å². The van der Waals surface area contributed by atoms with Gasteiger partial charge in [-0.3, -0.25) is 0 Å². The summed E-state index contributed by atoms with van der Waals surface area (Å²) in [5.74, 6) is 0.933. The minimum atomic E-state index is 0.900. The highest BCUT2D eigenvalue weighted by molar-refractivity contribution is 6.19. The van der Waals surface area contributed by atoms with Crippen molar-refractivity contribution in [3.8, 4) is 0 Å². The van der Waals surface area contributed by atoms with Gasteiger partial charge in [-0.1, -0.05) is 49.4 Å². The summed E-state index contributed by atoms with van der Waals surface area (Å²) in [6.45, 7) is 4.13. The minimum Gasteiger partial charge on any atom is -0.324 e. The number of pyridine rings is 1. The van der Waals surface area contributed by atoms with Gasteiger partial charge >= 0.3 is 0 Å². The van der Waals surface area contributed by atoms with Gasteiger partial charge in [0.15, 0.2) is 5.82 Å². The SMILES string of the molecule is CCc1ccccc1C1=Nc2cccnc2N(CCCN(C)C)c2ccccc21. The molecule has 4 heteroatoms. The number of fused-ring (bicyclic) bond motifs is 2. The molecule has 1 aromatic heterocycles. The quantitative estimate of drug-likeness (QED) is 0.584. The van der Waals surface area contributed by atoms with Crippen molar-refractivity contribution in [1.29, 1.82) is 0 Å². The van der Waals surface area contributed by atoms with Crippen molar-refractivity contribution in [2.45, 2.75) is 19.8 Å². The van der Waals surface area contributed by atoms with Crippen molar-refractivity contribution in [2.24, 2.45) is 4.99 Å². The van der Waals surface area contributed by atoms with Crippen LogP contribution in [-0.4, -0.2) is 42.8 Å². The summed E-state index contributed by atoms with van der Waals surface area (Å²) in [5, 5.41) is 0. The average Bonchev–Trinajstić information content (AvgIpc) is 2.89. The van der Waals surface area contributed by atoms with E-state index in [0.717, 1.165) is 48.7 Å². The molecule has 0 radical (unpaired) electrons. The van der Waals surface area contributed by atoms with Gasteiger partial charge in [0, 0.05) is 23.9 Å². The van der Waals surface area contributed by atoms with E-state index in [4.69, 9.17) is 9.98 Å². The normalized spacial score (nSPS) is 13.0. The van der Waals surface area contributed by atoms with E-state index in [1.807, 2.05) is 12.3 Å². The Hall–Kier alpha value is -2.98. The lowest BCUT2D eigenvalue weighted by molar-refractivity contribution is 0.402. The van der Waals surface area contributed by atoms with Crippen LogP contribution in [0.25, 0.3) is 0 Å². The summed E-state index contributed by atoms with van der Waals surface area (Å²) in [4.78, 5) is 14.4. The number of aromatic nitrogens is 1. The fraction of sp³-hybridized carbons (Fsp3) is 0.280. The summed E-state index contributed by atoms with van der Waals surface area (Å²) in [5.41, 5.74) is 6.81. The fourth-order valence-corrected chi connectivity index (χ4v) is 3.92. The topological polar surface area (TPSA) is 31.7 Å². The predicted molar refractivity (Wildman–Crippen MR) is 122 cm³/mol. The first-order chi connectivity index (χ1) is 14.2. The number of aryl methyl sites for hydroxylation is 1. The number of benzene rings is 2. The van der Waals surface area contributed by atoms with Gasteiger partial charge in [-0.05, 0) is 57.2 Å². The standard InChI is InChI=1S/C25H28N4/c1-4-19-11-5-6-12-20(19)24-21-13-7-8-15-23(21)29(18-10-17-28(2)3)25-22(27-24)14-9-16-26-25/h5-9,11-16H,4,10,17-18H2,1-3H3. The largest absolute Gasteiger partial charge is 0.324 e. The van der Waals surface area contributed by atoms with E-state index in [1.54, 1.807) is 0 Å². The summed E-state index contributed by atoms with van der Waals surface area (Å²) in [6.07, 6.45) is 3.89. The Morgan fingerprint density at radius 3 is 2.45 bits per heavy atom. The van der Waals surface area contributed by atoms with Crippen molar-refractivity contribution >= 4 is 22.9 Å². The summed E-state index contributed by atoms with van der Waals surface area (Å²) < 4.78 is 0. The third kappa shape index (κ3) is 3.94. The van der Waals surface area contributed by atoms with Gasteiger partial charge < -0.3 is 9.80 Å². The molecule has 0 spiro atoms. The molecule has 0 atom stereocenters. The Morgan fingerprint density at radius 1 is 0.897 bits per heavy atom. The van der Waals surface area contributed by atoms with Gasteiger partial charge in [0.25, 0.3) is 0 Å². The molecule has 2 heterocycles. The predicted octanol–water partition coefficient (Wildman–Crippen LogP) is 5.22. The molecule has 1 aliphatic heterocycles. The van der Waals surface area contributed by atoms with Crippen LogP contribution in [-0.2, 0) is 6.42 Å². The Labute approximate surface area is 173 Å². The summed E-state index contributed by atoms with van der Waals surface area (Å²) in [7, 11) is 4.23. The smallest absolute Gasteiger partial charge is 0.159 e. The third-order valence-corrected chi connectivity index (χ3v) is 5.34. The molecule has 2 aromatic carbocycles. The van der Waals surface area contributed by atoms with E-state index in [9.17, 15) is 0 Å². The lowest BCUT2D eigenvalue weighted by Crippen LogP contribution is -2.24. The first-order valence-corrected chi connectivity index (χ1v) is 10.3. The van der Waals surface area contributed by atoms with E-state index >= 15 is 0 Å². The molecular formula is C25H28N4. The van der Waals surface area contributed by atoms with E-state index < -0.39 is 0 Å². The van der Waals surface area contributed by atoms with Crippen molar-refractivity contribution in [3.05, 3.63) is 83.6 Å². The van der Waals surface area contributed by atoms with Crippen molar-refractivity contribution < 1.29 is 0 Å². The summed E-state index contributed by atoms with van der Waals surface area (Å²) >= 11 is 0. The number of rotatable bonds is 6. The molecule has 0 unspecified atom stereocenters. The first-order valence-electron chi connectivity index (χ1n) is 10.3. The van der Waals surface area contributed by atoms with Crippen LogP contribution in [0.1, 0.15) is 30.0 Å². The molecule has 0 saturated heterocycles. The second-order valence-electron chi connectivity index (χ2n) is 7.64. The monoisotopic (exact) mass is 384 g/mol. The van der Waals surface area contributed by atoms with Crippen LogP contribution in [0, 0.1) is 0 Å². The second kappa shape index (κ2) is 8.58. The fourth-order valence-electron chi connectivity index (χ4n) is 3.92. The molecule has 0 amide bonds. The summed E-state index contributed by atoms with van der Waals surface area (Å²) in [6, 6.07) is 21.2. The van der Waals surface area contributed by atoms with Gasteiger partial charge in [0.05, 0.1) is 11.4 Å². The maximum absolute atomic E-state index is 5.15. The molecule has 29 heavy (non-hydrogen) atoms. The molecule has 148 valence electrons. The molecule has 0 saturated carbocycles. The highest BCUT2D eigenvalue weighted by atomic mass is 15.2. The van der Waals surface area contributed by atoms with Crippen molar-refractivity contribution in [1.82, 2.24) is 9.88 Å². The number of nitrogens with zero attached hydrogens (tertiary/aromatic N) is 4. The molecule has 1 aliphatic rings. The maximum Gasteiger partial charge on any atom is 0.159 e. The number of aliphatic imine (C=N–C) groups is 1. The number of hydrogen-bond donors (Lipinski definition) is 0. The van der Waals surface area contributed by atoms with Crippen LogP contribution >= 0.6 is 0 Å². The second-order valence-corrected chi connectivity index (χ2v) is 7.64. The van der Waals surface area contributed by atoms with Crippen LogP contribution < -0.4 is 4.90 Å². The Balaban J connectivity index is 1.89. The van der Waals surface area contributed by atoms with Crippen LogP contribution in [0.3, 0.4) is 0 Å². The van der Waals surface area contributed by atoms with Crippen molar-refractivity contribution in [2.75, 3.05) is 32.1 Å². The van der Waals surface area contributed by atoms with E-state index in [1.165, 1.54) is 16.8 Å². The molecule has 0 bridgehead atoms. The number of anilines is 2. The first kappa shape index (κ1) is 19.3. The minimum absolute atomic E-state index is 0.900. The van der Waals surface area contributed by atoms with E-state index in [2.05, 4.69) is 85.4 Å². The third-order valence-electron chi connectivity index (χ3n) is 5.34. The van der Waals surface area contributed by atoms with Crippen LogP contribution in [0.2, 0.25) is 0 Å². The molecule has 0 aliphatic carbocycles. The number of para-hydroxylation sites is 1. The van der Waals surface area contributed by atoms with Gasteiger partial charge in [0.1, 0.15) is 5.69 Å². The molecule has 4 rings (SSSR count).